The molecule has 0 spiro atoms. The molecule has 2 N–H and O–H groups in total. The van der Waals surface area contributed by atoms with Crippen LogP contribution in [0.1, 0.15) is 48.8 Å². The number of aliphatic carboxylic acids is 1. The van der Waals surface area contributed by atoms with Crippen molar-refractivity contribution < 1.29 is 24.2 Å². The minimum atomic E-state index is -1.12. The van der Waals surface area contributed by atoms with Crippen molar-refractivity contribution in [3.63, 3.8) is 0 Å². The molecule has 0 saturated carbocycles. The van der Waals surface area contributed by atoms with E-state index >= 15 is 0 Å². The summed E-state index contributed by atoms with van der Waals surface area (Å²) in [4.78, 5) is 43.5. The molecule has 38 heavy (non-hydrogen) atoms. The van der Waals surface area contributed by atoms with Gasteiger partial charge in [-0.1, -0.05) is 74.4 Å². The lowest BCUT2D eigenvalue weighted by atomic mass is 9.98. The number of hydrogen-bond donors (Lipinski definition) is 2. The fourth-order valence-corrected chi connectivity index (χ4v) is 4.98. The van der Waals surface area contributed by atoms with E-state index in [4.69, 9.17) is 4.74 Å². The molecule has 2 aromatic carbocycles. The highest BCUT2D eigenvalue weighted by atomic mass is 16.5. The Balaban J connectivity index is 1.43. The number of amides is 2. The minimum absolute atomic E-state index is 0.100. The standard InChI is InChI=1S/C30H33N3O5/c1-3-4-15-26(28(34)33(2)27(29(35)36)17-20-10-9-16-31-18-20)32-30(37)38-19-25-23-13-7-5-11-21(23)22-12-6-8-14-24(22)25/h5-14,16,18,25-27H,3-4,15,17,19H2,1-2H3,(H,32,37)(H,35,36)/t26-,27-/m0/s1. The minimum Gasteiger partial charge on any atom is -0.480 e. The summed E-state index contributed by atoms with van der Waals surface area (Å²) in [7, 11) is 1.45. The summed E-state index contributed by atoms with van der Waals surface area (Å²) in [6, 6.07) is 17.6. The number of unbranched alkanes of at least 4 members (excludes halogenated alkanes) is 1. The van der Waals surface area contributed by atoms with Gasteiger partial charge in [0, 0.05) is 31.8 Å². The maximum Gasteiger partial charge on any atom is 0.407 e. The topological polar surface area (TPSA) is 109 Å². The molecule has 0 saturated heterocycles. The molecule has 8 nitrogen and oxygen atoms in total. The summed E-state index contributed by atoms with van der Waals surface area (Å²) in [5.74, 6) is -1.69. The Bertz CT molecular complexity index is 1230. The number of carboxylic acids is 1. The van der Waals surface area contributed by atoms with Gasteiger partial charge in [0.05, 0.1) is 0 Å². The SMILES string of the molecule is CCCC[C@H](NC(=O)OCC1c2ccccc2-c2ccccc21)C(=O)N(C)[C@@H](Cc1cccnc1)C(=O)O. The summed E-state index contributed by atoms with van der Waals surface area (Å²) in [5.41, 5.74) is 5.15. The van der Waals surface area contributed by atoms with Crippen molar-refractivity contribution in [2.45, 2.75) is 50.6 Å². The first-order valence-electron chi connectivity index (χ1n) is 12.9. The number of carbonyl (C=O) groups excluding carboxylic acids is 2. The van der Waals surface area contributed by atoms with Crippen LogP contribution in [0.25, 0.3) is 11.1 Å². The number of nitrogens with one attached hydrogen (secondary N) is 1. The van der Waals surface area contributed by atoms with Gasteiger partial charge in [0.2, 0.25) is 5.91 Å². The molecule has 1 aliphatic carbocycles. The molecule has 0 bridgehead atoms. The maximum absolute atomic E-state index is 13.4. The molecule has 8 heteroatoms. The number of pyridine rings is 1. The van der Waals surface area contributed by atoms with Crippen LogP contribution >= 0.6 is 0 Å². The van der Waals surface area contributed by atoms with Gasteiger partial charge in [0.25, 0.3) is 0 Å². The normalized spacial score (nSPS) is 13.6. The van der Waals surface area contributed by atoms with Crippen molar-refractivity contribution in [2.24, 2.45) is 0 Å². The lowest BCUT2D eigenvalue weighted by Gasteiger charge is -2.29. The fraction of sp³-hybridized carbons (Fsp3) is 0.333. The number of carbonyl (C=O) groups is 3. The fourth-order valence-electron chi connectivity index (χ4n) is 4.98. The Hall–Kier alpha value is -4.20. The van der Waals surface area contributed by atoms with Gasteiger partial charge in [0.15, 0.2) is 0 Å². The largest absolute Gasteiger partial charge is 0.480 e. The van der Waals surface area contributed by atoms with Gasteiger partial charge < -0.3 is 20.1 Å². The molecule has 1 heterocycles. The van der Waals surface area contributed by atoms with Gasteiger partial charge in [-0.25, -0.2) is 9.59 Å². The molecule has 0 radical (unpaired) electrons. The lowest BCUT2D eigenvalue weighted by molar-refractivity contribution is -0.149. The van der Waals surface area contributed by atoms with Crippen LogP contribution in [0.2, 0.25) is 0 Å². The molecule has 0 unspecified atom stereocenters. The third kappa shape index (κ3) is 6.02. The van der Waals surface area contributed by atoms with Crippen molar-refractivity contribution in [3.05, 3.63) is 89.7 Å². The van der Waals surface area contributed by atoms with E-state index in [1.807, 2.05) is 43.3 Å². The molecular formula is C30H33N3O5. The summed E-state index contributed by atoms with van der Waals surface area (Å²) >= 11 is 0. The first-order valence-corrected chi connectivity index (χ1v) is 12.9. The maximum atomic E-state index is 13.4. The monoisotopic (exact) mass is 515 g/mol. The van der Waals surface area contributed by atoms with E-state index in [2.05, 4.69) is 22.4 Å². The number of aromatic nitrogens is 1. The van der Waals surface area contributed by atoms with E-state index in [0.29, 0.717) is 18.4 Å². The number of nitrogens with zero attached hydrogens (tertiary/aromatic N) is 2. The number of benzene rings is 2. The van der Waals surface area contributed by atoms with Crippen molar-refractivity contribution >= 4 is 18.0 Å². The molecule has 0 aliphatic heterocycles. The van der Waals surface area contributed by atoms with Gasteiger partial charge >= 0.3 is 12.1 Å². The van der Waals surface area contributed by atoms with Crippen LogP contribution in [0.15, 0.2) is 73.1 Å². The Morgan fingerprint density at radius 3 is 2.26 bits per heavy atom. The molecule has 2 amide bonds. The second-order valence-electron chi connectivity index (χ2n) is 9.53. The molecule has 2 atom stereocenters. The number of likely N-dealkylation sites (N-methyl/N-ethyl adjacent to an activating group) is 1. The molecule has 0 fully saturated rings. The molecule has 3 aromatic rings. The van der Waals surface area contributed by atoms with Crippen LogP contribution in [0.5, 0.6) is 0 Å². The predicted octanol–water partition coefficient (Wildman–Crippen LogP) is 4.63. The van der Waals surface area contributed by atoms with Gasteiger partial charge in [0.1, 0.15) is 18.7 Å². The van der Waals surface area contributed by atoms with Crippen molar-refractivity contribution in [1.29, 1.82) is 0 Å². The van der Waals surface area contributed by atoms with E-state index in [9.17, 15) is 19.5 Å². The lowest BCUT2D eigenvalue weighted by Crippen LogP contribution is -2.53. The second kappa shape index (κ2) is 12.4. The Morgan fingerprint density at radius 2 is 1.68 bits per heavy atom. The van der Waals surface area contributed by atoms with Gasteiger partial charge in [-0.3, -0.25) is 9.78 Å². The van der Waals surface area contributed by atoms with Gasteiger partial charge in [-0.15, -0.1) is 0 Å². The zero-order valence-electron chi connectivity index (χ0n) is 21.7. The number of alkyl carbamates (subject to hydrolysis) is 1. The summed E-state index contributed by atoms with van der Waals surface area (Å²) < 4.78 is 5.64. The van der Waals surface area contributed by atoms with Crippen molar-refractivity contribution in [2.75, 3.05) is 13.7 Å². The van der Waals surface area contributed by atoms with Gasteiger partial charge in [-0.2, -0.15) is 0 Å². The smallest absolute Gasteiger partial charge is 0.407 e. The number of rotatable bonds is 11. The molecule has 1 aliphatic rings. The van der Waals surface area contributed by atoms with E-state index in [1.54, 1.807) is 24.5 Å². The average Bonchev–Trinajstić information content (AvgIpc) is 3.26. The second-order valence-corrected chi connectivity index (χ2v) is 9.53. The van der Waals surface area contributed by atoms with E-state index < -0.39 is 30.1 Å². The van der Waals surface area contributed by atoms with Gasteiger partial charge in [-0.05, 0) is 40.3 Å². The Labute approximate surface area is 222 Å². The van der Waals surface area contributed by atoms with Crippen molar-refractivity contribution in [3.8, 4) is 11.1 Å². The van der Waals surface area contributed by atoms with Crippen LogP contribution < -0.4 is 5.32 Å². The molecule has 1 aromatic heterocycles. The van der Waals surface area contributed by atoms with Crippen LogP contribution in [0, 0.1) is 0 Å². The number of ether oxygens (including phenoxy) is 1. The third-order valence-electron chi connectivity index (χ3n) is 7.03. The van der Waals surface area contributed by atoms with Crippen LogP contribution in [-0.2, 0) is 20.7 Å². The highest BCUT2D eigenvalue weighted by Crippen LogP contribution is 2.44. The van der Waals surface area contributed by atoms with E-state index in [-0.39, 0.29) is 18.9 Å². The Kier molecular flexibility index (Phi) is 8.73. The highest BCUT2D eigenvalue weighted by molar-refractivity contribution is 5.89. The molecule has 198 valence electrons. The van der Waals surface area contributed by atoms with Crippen LogP contribution in [-0.4, -0.2) is 58.7 Å². The average molecular weight is 516 g/mol. The summed E-state index contributed by atoms with van der Waals surface area (Å²) in [5, 5.41) is 12.5. The number of carboxylic acid groups (broad SMARTS) is 1. The highest BCUT2D eigenvalue weighted by Gasteiger charge is 2.33. The Morgan fingerprint density at radius 1 is 1.03 bits per heavy atom. The predicted molar refractivity (Wildman–Crippen MR) is 144 cm³/mol. The summed E-state index contributed by atoms with van der Waals surface area (Å²) in [6.07, 6.45) is 4.48. The zero-order chi connectivity index (χ0) is 27.1. The third-order valence-corrected chi connectivity index (χ3v) is 7.03. The van der Waals surface area contributed by atoms with E-state index in [1.165, 1.54) is 11.9 Å². The number of hydrogen-bond acceptors (Lipinski definition) is 5. The quantitative estimate of drug-likeness (QED) is 0.385. The first-order chi connectivity index (χ1) is 18.4. The summed E-state index contributed by atoms with van der Waals surface area (Å²) in [6.45, 7) is 2.12. The van der Waals surface area contributed by atoms with Crippen molar-refractivity contribution in [1.82, 2.24) is 15.2 Å². The van der Waals surface area contributed by atoms with Crippen LogP contribution in [0.4, 0.5) is 4.79 Å². The number of fused-ring (bicyclic) bond motifs is 3. The molecular weight excluding hydrogens is 482 g/mol. The first kappa shape index (κ1) is 26.9. The van der Waals surface area contributed by atoms with E-state index in [0.717, 1.165) is 28.7 Å². The van der Waals surface area contributed by atoms with Crippen LogP contribution in [0.3, 0.4) is 0 Å². The zero-order valence-corrected chi connectivity index (χ0v) is 21.7. The molecule has 4 rings (SSSR count).